The van der Waals surface area contributed by atoms with E-state index in [9.17, 15) is 13.2 Å². The summed E-state index contributed by atoms with van der Waals surface area (Å²) in [5.74, 6) is -3.80. The first-order chi connectivity index (χ1) is 8.97. The van der Waals surface area contributed by atoms with Gasteiger partial charge in [-0.25, -0.2) is 18.2 Å². The highest BCUT2D eigenvalue weighted by Crippen LogP contribution is 2.20. The minimum absolute atomic E-state index is 0.0315. The number of rotatable bonds is 3. The molecule has 0 saturated carbocycles. The zero-order valence-corrected chi connectivity index (χ0v) is 10.3. The molecule has 0 radical (unpaired) electrons. The topological polar surface area (TPSA) is 50.9 Å². The van der Waals surface area contributed by atoms with Crippen molar-refractivity contribution in [2.45, 2.75) is 0 Å². The van der Waals surface area contributed by atoms with Crippen molar-refractivity contribution >= 4 is 28.7 Å². The summed E-state index contributed by atoms with van der Waals surface area (Å²) in [7, 11) is 0. The van der Waals surface area contributed by atoms with Crippen molar-refractivity contribution in [1.82, 2.24) is 4.98 Å². The van der Waals surface area contributed by atoms with Crippen LogP contribution in [0.25, 0.3) is 0 Å². The Kier molecular flexibility index (Phi) is 3.66. The Balaban J connectivity index is 2.31. The Morgan fingerprint density at radius 2 is 1.79 bits per heavy atom. The highest BCUT2D eigenvalue weighted by Gasteiger charge is 2.11. The van der Waals surface area contributed by atoms with Gasteiger partial charge in [0.1, 0.15) is 10.8 Å². The van der Waals surface area contributed by atoms with Gasteiger partial charge in [-0.1, -0.05) is 18.3 Å². The molecule has 7 heteroatoms. The van der Waals surface area contributed by atoms with Crippen molar-refractivity contribution in [1.29, 1.82) is 0 Å². The van der Waals surface area contributed by atoms with E-state index in [1.807, 2.05) is 0 Å². The van der Waals surface area contributed by atoms with E-state index < -0.39 is 17.5 Å². The number of nitrogens with one attached hydrogen (secondary N) is 1. The summed E-state index contributed by atoms with van der Waals surface area (Å²) in [5, 5.41) is 2.64. The molecule has 0 aliphatic heterocycles. The van der Waals surface area contributed by atoms with Gasteiger partial charge < -0.3 is 11.1 Å². The van der Waals surface area contributed by atoms with E-state index >= 15 is 0 Å². The molecule has 0 unspecified atom stereocenters. The smallest absolute Gasteiger partial charge is 0.194 e. The zero-order valence-electron chi connectivity index (χ0n) is 9.45. The molecule has 3 nitrogen and oxygen atoms in total. The molecule has 3 N–H and O–H groups in total. The first kappa shape index (κ1) is 13.3. The summed E-state index contributed by atoms with van der Waals surface area (Å²) in [5.41, 5.74) is 5.81. The molecule has 0 aliphatic rings. The summed E-state index contributed by atoms with van der Waals surface area (Å²) in [6.07, 6.45) is 0. The maximum absolute atomic E-state index is 13.0. The lowest BCUT2D eigenvalue weighted by Gasteiger charge is -2.07. The van der Waals surface area contributed by atoms with Gasteiger partial charge in [0.2, 0.25) is 0 Å². The van der Waals surface area contributed by atoms with Crippen LogP contribution in [0.2, 0.25) is 0 Å². The summed E-state index contributed by atoms with van der Waals surface area (Å²) in [4.78, 5) is 4.13. The first-order valence-corrected chi connectivity index (χ1v) is 5.56. The van der Waals surface area contributed by atoms with E-state index in [4.69, 9.17) is 18.0 Å². The van der Waals surface area contributed by atoms with Crippen LogP contribution in [-0.2, 0) is 0 Å². The van der Waals surface area contributed by atoms with Gasteiger partial charge in [0.15, 0.2) is 17.5 Å². The summed E-state index contributed by atoms with van der Waals surface area (Å²) in [6.45, 7) is 0. The van der Waals surface area contributed by atoms with E-state index in [0.29, 0.717) is 5.69 Å². The number of nitrogens with zero attached hydrogens (tertiary/aromatic N) is 1. The lowest BCUT2D eigenvalue weighted by molar-refractivity contribution is 0.448. The molecule has 0 saturated heterocycles. The number of aromatic nitrogens is 1. The van der Waals surface area contributed by atoms with E-state index in [0.717, 1.165) is 12.1 Å². The fraction of sp³-hybridized carbons (Fsp3) is 0. The summed E-state index contributed by atoms with van der Waals surface area (Å²) >= 11 is 4.76. The molecule has 1 heterocycles. The Morgan fingerprint density at radius 3 is 2.37 bits per heavy atom. The van der Waals surface area contributed by atoms with Crippen molar-refractivity contribution in [3.63, 3.8) is 0 Å². The Morgan fingerprint density at radius 1 is 1.16 bits per heavy atom. The average molecular weight is 283 g/mol. The number of hydrogen-bond acceptors (Lipinski definition) is 3. The second-order valence-corrected chi connectivity index (χ2v) is 4.09. The molecule has 0 aliphatic carbocycles. The van der Waals surface area contributed by atoms with Gasteiger partial charge in [-0.3, -0.25) is 0 Å². The predicted molar refractivity (Wildman–Crippen MR) is 69.7 cm³/mol. The molecule has 2 aromatic rings. The number of anilines is 2. The molecule has 98 valence electrons. The molecule has 0 bridgehead atoms. The second-order valence-electron chi connectivity index (χ2n) is 3.65. The van der Waals surface area contributed by atoms with Crippen LogP contribution in [0.4, 0.5) is 24.7 Å². The van der Waals surface area contributed by atoms with Crippen LogP contribution in [0, 0.1) is 17.5 Å². The third-order valence-corrected chi connectivity index (χ3v) is 2.47. The SMILES string of the molecule is NC(=S)c1cccc(Nc2cc(F)c(F)c(F)c2)n1. The molecule has 19 heavy (non-hydrogen) atoms. The van der Waals surface area contributed by atoms with Crippen LogP contribution in [-0.4, -0.2) is 9.97 Å². The van der Waals surface area contributed by atoms with Crippen molar-refractivity contribution in [2.24, 2.45) is 5.73 Å². The van der Waals surface area contributed by atoms with Gasteiger partial charge in [-0.2, -0.15) is 0 Å². The van der Waals surface area contributed by atoms with E-state index in [2.05, 4.69) is 10.3 Å². The first-order valence-electron chi connectivity index (χ1n) is 5.16. The molecule has 1 aromatic heterocycles. The van der Waals surface area contributed by atoms with Crippen LogP contribution >= 0.6 is 12.2 Å². The number of hydrogen-bond donors (Lipinski definition) is 2. The number of nitrogens with two attached hydrogens (primary N) is 1. The quantitative estimate of drug-likeness (QED) is 0.672. The van der Waals surface area contributed by atoms with Crippen LogP contribution in [0.5, 0.6) is 0 Å². The predicted octanol–water partition coefficient (Wildman–Crippen LogP) is 2.88. The number of halogens is 3. The van der Waals surface area contributed by atoms with Gasteiger partial charge in [-0.15, -0.1) is 0 Å². The maximum Gasteiger partial charge on any atom is 0.194 e. The molecule has 0 spiro atoms. The van der Waals surface area contributed by atoms with Crippen LogP contribution in [0.3, 0.4) is 0 Å². The largest absolute Gasteiger partial charge is 0.388 e. The molecule has 0 amide bonds. The third-order valence-electron chi connectivity index (χ3n) is 2.26. The van der Waals surface area contributed by atoms with E-state index in [1.165, 1.54) is 0 Å². The molecule has 0 atom stereocenters. The van der Waals surface area contributed by atoms with E-state index in [1.54, 1.807) is 18.2 Å². The van der Waals surface area contributed by atoms with Crippen molar-refractivity contribution < 1.29 is 13.2 Å². The van der Waals surface area contributed by atoms with Gasteiger partial charge in [-0.05, 0) is 12.1 Å². The standard InChI is InChI=1S/C12H8F3N3S/c13-7-4-6(5-8(14)11(7)15)17-10-3-1-2-9(18-10)12(16)19/h1-5H,(H2,16,19)(H,17,18). The Bertz CT molecular complexity index is 623. The maximum atomic E-state index is 13.0. The van der Waals surface area contributed by atoms with Crippen LogP contribution in [0.15, 0.2) is 30.3 Å². The van der Waals surface area contributed by atoms with Gasteiger partial charge in [0.25, 0.3) is 0 Å². The van der Waals surface area contributed by atoms with E-state index in [-0.39, 0.29) is 16.5 Å². The molecule has 0 fully saturated rings. The fourth-order valence-corrected chi connectivity index (χ4v) is 1.53. The normalized spacial score (nSPS) is 10.3. The van der Waals surface area contributed by atoms with Crippen LogP contribution < -0.4 is 11.1 Å². The van der Waals surface area contributed by atoms with Crippen molar-refractivity contribution in [3.8, 4) is 0 Å². The minimum atomic E-state index is -1.52. The molecular formula is C12H8F3N3S. The Labute approximate surface area is 112 Å². The molecular weight excluding hydrogens is 275 g/mol. The second kappa shape index (κ2) is 5.23. The highest BCUT2D eigenvalue weighted by atomic mass is 32.1. The van der Waals surface area contributed by atoms with Gasteiger partial charge in [0.05, 0.1) is 5.69 Å². The average Bonchev–Trinajstić information content (AvgIpc) is 2.36. The molecule has 2 rings (SSSR count). The van der Waals surface area contributed by atoms with Crippen molar-refractivity contribution in [3.05, 3.63) is 53.5 Å². The van der Waals surface area contributed by atoms with Gasteiger partial charge in [0, 0.05) is 17.8 Å². The lowest BCUT2D eigenvalue weighted by Crippen LogP contribution is -2.12. The monoisotopic (exact) mass is 283 g/mol. The van der Waals surface area contributed by atoms with Gasteiger partial charge >= 0.3 is 0 Å². The summed E-state index contributed by atoms with van der Waals surface area (Å²) < 4.78 is 38.9. The molecule has 1 aromatic carbocycles. The number of pyridine rings is 1. The third kappa shape index (κ3) is 3.00. The summed E-state index contributed by atoms with van der Waals surface area (Å²) in [6, 6.07) is 6.43. The fourth-order valence-electron chi connectivity index (χ4n) is 1.42. The minimum Gasteiger partial charge on any atom is -0.388 e. The van der Waals surface area contributed by atoms with Crippen molar-refractivity contribution in [2.75, 3.05) is 5.32 Å². The zero-order chi connectivity index (χ0) is 14.0. The van der Waals surface area contributed by atoms with Crippen LogP contribution in [0.1, 0.15) is 5.69 Å². The lowest BCUT2D eigenvalue weighted by atomic mass is 10.2. The Hall–Kier alpha value is -2.15. The highest BCUT2D eigenvalue weighted by molar-refractivity contribution is 7.80. The number of benzene rings is 1. The number of thiocarbonyl (C=S) groups is 1.